The number of hydrogen-bond donors (Lipinski definition) is 0. The van der Waals surface area contributed by atoms with Crippen molar-refractivity contribution >= 4 is 32.9 Å². The van der Waals surface area contributed by atoms with Gasteiger partial charge in [-0.1, -0.05) is 36.4 Å². The number of rotatable bonds is 4. The van der Waals surface area contributed by atoms with E-state index in [0.29, 0.717) is 0 Å². The van der Waals surface area contributed by atoms with Crippen LogP contribution in [0.25, 0.3) is 43.8 Å². The molecule has 0 radical (unpaired) electrons. The lowest BCUT2D eigenvalue weighted by Gasteiger charge is -2.14. The van der Waals surface area contributed by atoms with Crippen molar-refractivity contribution < 1.29 is 0 Å². The van der Waals surface area contributed by atoms with E-state index in [2.05, 4.69) is 62.5 Å². The Morgan fingerprint density at radius 3 is 1.41 bits per heavy atom. The summed E-state index contributed by atoms with van der Waals surface area (Å²) in [6.07, 6.45) is 10.7. The minimum atomic E-state index is 0.760. The van der Waals surface area contributed by atoms with Gasteiger partial charge in [-0.25, -0.2) is 0 Å². The molecular weight excluding hydrogens is 418 g/mol. The van der Waals surface area contributed by atoms with E-state index in [4.69, 9.17) is 5.11 Å². The van der Waals surface area contributed by atoms with Crippen molar-refractivity contribution in [2.75, 3.05) is 0 Å². The Kier molecular flexibility index (Phi) is 5.05. The van der Waals surface area contributed by atoms with Crippen LogP contribution in [0.4, 0.5) is 11.4 Å². The maximum Gasteiger partial charge on any atom is 0.101 e. The largest absolute Gasteiger partial charge is 0.265 e. The zero-order valence-corrected chi connectivity index (χ0v) is 18.2. The Morgan fingerprint density at radius 1 is 0.441 bits per heavy atom. The molecule has 0 atom stereocenters. The third kappa shape index (κ3) is 3.59. The maximum atomic E-state index is 4.77. The molecule has 6 rings (SSSR count). The lowest BCUT2D eigenvalue weighted by molar-refractivity contribution is 1.22. The van der Waals surface area contributed by atoms with E-state index < -0.39 is 0 Å². The fraction of sp³-hybridized carbons (Fsp3) is 0. The Bertz CT molecular complexity index is 1530. The molecular formula is C29H19N5. The smallest absolute Gasteiger partial charge is 0.101 e. The van der Waals surface area contributed by atoms with Crippen molar-refractivity contribution in [3.8, 4) is 22.3 Å². The highest BCUT2D eigenvalue weighted by Gasteiger charge is 2.14. The van der Waals surface area contributed by atoms with Gasteiger partial charge >= 0.3 is 0 Å². The molecule has 0 aliphatic heterocycles. The summed E-state index contributed by atoms with van der Waals surface area (Å²) in [5.41, 5.74) is 6.09. The Hall–Kier alpha value is -4.77. The molecule has 3 aromatic carbocycles. The van der Waals surface area contributed by atoms with Gasteiger partial charge in [-0.15, -0.1) is 5.11 Å². The summed E-state index contributed by atoms with van der Waals surface area (Å²) in [5, 5.41) is 13.7. The van der Waals surface area contributed by atoms with E-state index in [1.165, 1.54) is 0 Å². The van der Waals surface area contributed by atoms with E-state index in [1.807, 2.05) is 61.2 Å². The average Bonchev–Trinajstić information content (AvgIpc) is 2.92. The van der Waals surface area contributed by atoms with Gasteiger partial charge in [-0.3, -0.25) is 15.0 Å². The molecule has 0 fully saturated rings. The van der Waals surface area contributed by atoms with E-state index in [1.54, 1.807) is 12.4 Å². The van der Waals surface area contributed by atoms with Crippen molar-refractivity contribution in [1.29, 1.82) is 0 Å². The third-order valence-electron chi connectivity index (χ3n) is 5.92. The molecule has 0 saturated heterocycles. The van der Waals surface area contributed by atoms with Crippen LogP contribution in [-0.2, 0) is 0 Å². The Labute approximate surface area is 196 Å². The molecule has 5 heteroatoms. The first-order valence-electron chi connectivity index (χ1n) is 11.0. The van der Waals surface area contributed by atoms with Crippen LogP contribution in [0.3, 0.4) is 0 Å². The molecule has 0 N–H and O–H groups in total. The lowest BCUT2D eigenvalue weighted by atomic mass is 9.91. The normalized spacial score (nSPS) is 11.4. The summed E-state index contributed by atoms with van der Waals surface area (Å²) in [7, 11) is 0. The highest BCUT2D eigenvalue weighted by atomic mass is 15.1. The van der Waals surface area contributed by atoms with Gasteiger partial charge in [0.2, 0.25) is 0 Å². The maximum absolute atomic E-state index is 4.77. The summed E-state index contributed by atoms with van der Waals surface area (Å²) in [4.78, 5) is 12.5. The summed E-state index contributed by atoms with van der Waals surface area (Å²) < 4.78 is 0. The zero-order valence-electron chi connectivity index (χ0n) is 18.2. The molecule has 0 unspecified atom stereocenters. The third-order valence-corrected chi connectivity index (χ3v) is 5.92. The molecule has 0 aliphatic rings. The van der Waals surface area contributed by atoms with Gasteiger partial charge in [0.15, 0.2) is 0 Å². The molecule has 0 bridgehead atoms. The number of hydrogen-bond acceptors (Lipinski definition) is 5. The topological polar surface area (TPSA) is 63.4 Å². The van der Waals surface area contributed by atoms with Crippen molar-refractivity contribution in [2.45, 2.75) is 0 Å². The predicted octanol–water partition coefficient (Wildman–Crippen LogP) is 7.93. The summed E-state index contributed by atoms with van der Waals surface area (Å²) in [6.45, 7) is 0. The van der Waals surface area contributed by atoms with Gasteiger partial charge in [0.25, 0.3) is 0 Å². The second-order valence-electron chi connectivity index (χ2n) is 7.90. The van der Waals surface area contributed by atoms with Gasteiger partial charge in [0, 0.05) is 48.0 Å². The van der Waals surface area contributed by atoms with Crippen LogP contribution in [0.15, 0.2) is 126 Å². The number of fused-ring (bicyclic) bond motifs is 2. The molecule has 5 nitrogen and oxygen atoms in total. The van der Waals surface area contributed by atoms with Crippen LogP contribution in [0, 0.1) is 0 Å². The van der Waals surface area contributed by atoms with Gasteiger partial charge in [0.1, 0.15) is 5.69 Å². The van der Waals surface area contributed by atoms with E-state index >= 15 is 0 Å². The highest BCUT2D eigenvalue weighted by Crippen LogP contribution is 2.42. The fourth-order valence-electron chi connectivity index (χ4n) is 4.34. The minimum Gasteiger partial charge on any atom is -0.265 e. The van der Waals surface area contributed by atoms with Crippen molar-refractivity contribution in [2.24, 2.45) is 10.2 Å². The van der Waals surface area contributed by atoms with Crippen molar-refractivity contribution in [3.63, 3.8) is 0 Å². The SMILES string of the molecule is c1cc(-c2ccncc2)c2cc3c(-c4ccncc4)cccc3c(N=Nc3ccncc3)c2c1. The first-order chi connectivity index (χ1) is 16.9. The number of nitrogens with zero attached hydrogens (tertiary/aromatic N) is 5. The lowest BCUT2D eigenvalue weighted by Crippen LogP contribution is -1.87. The molecule has 0 aliphatic carbocycles. The van der Waals surface area contributed by atoms with Crippen LogP contribution in [0.5, 0.6) is 0 Å². The van der Waals surface area contributed by atoms with Gasteiger partial charge in [-0.05, 0) is 75.5 Å². The fourth-order valence-corrected chi connectivity index (χ4v) is 4.34. The van der Waals surface area contributed by atoms with Crippen LogP contribution < -0.4 is 0 Å². The molecule has 3 heterocycles. The highest BCUT2D eigenvalue weighted by molar-refractivity contribution is 6.16. The van der Waals surface area contributed by atoms with Crippen molar-refractivity contribution in [1.82, 2.24) is 15.0 Å². The van der Waals surface area contributed by atoms with Crippen LogP contribution >= 0.6 is 0 Å². The molecule has 34 heavy (non-hydrogen) atoms. The molecule has 0 spiro atoms. The number of aromatic nitrogens is 3. The quantitative estimate of drug-likeness (QED) is 0.208. The Morgan fingerprint density at radius 2 is 0.912 bits per heavy atom. The summed E-state index contributed by atoms with van der Waals surface area (Å²) in [5.74, 6) is 0. The van der Waals surface area contributed by atoms with E-state index in [9.17, 15) is 0 Å². The average molecular weight is 438 g/mol. The molecule has 160 valence electrons. The molecule has 3 aromatic heterocycles. The standard InChI is InChI=1S/C29H19N5/c1-3-23(20-7-13-30-14-8-20)27-19-28-24(21-9-15-31-16-10-21)4-2-6-26(28)29(25(27)5-1)34-33-22-11-17-32-18-12-22/h1-19H. The second kappa shape index (κ2) is 8.64. The van der Waals surface area contributed by atoms with Crippen molar-refractivity contribution in [3.05, 3.63) is 116 Å². The number of pyridine rings is 3. The molecule has 6 aromatic rings. The second-order valence-corrected chi connectivity index (χ2v) is 7.90. The van der Waals surface area contributed by atoms with E-state index in [-0.39, 0.29) is 0 Å². The first kappa shape index (κ1) is 19.9. The minimum absolute atomic E-state index is 0.760. The number of azo groups is 1. The van der Waals surface area contributed by atoms with Crippen LogP contribution in [0.2, 0.25) is 0 Å². The van der Waals surface area contributed by atoms with Crippen LogP contribution in [0.1, 0.15) is 0 Å². The monoisotopic (exact) mass is 437 g/mol. The number of benzene rings is 3. The first-order valence-corrected chi connectivity index (χ1v) is 11.0. The molecule has 0 amide bonds. The predicted molar refractivity (Wildman–Crippen MR) is 136 cm³/mol. The zero-order chi connectivity index (χ0) is 22.7. The Balaban J connectivity index is 1.70. The van der Waals surface area contributed by atoms with E-state index in [0.717, 1.165) is 55.2 Å². The van der Waals surface area contributed by atoms with Gasteiger partial charge < -0.3 is 0 Å². The van der Waals surface area contributed by atoms with Gasteiger partial charge in [-0.2, -0.15) is 5.11 Å². The summed E-state index contributed by atoms with van der Waals surface area (Å²) in [6, 6.07) is 26.7. The summed E-state index contributed by atoms with van der Waals surface area (Å²) >= 11 is 0. The van der Waals surface area contributed by atoms with Gasteiger partial charge in [0.05, 0.1) is 5.69 Å². The molecule has 0 saturated carbocycles. The van der Waals surface area contributed by atoms with Crippen LogP contribution in [-0.4, -0.2) is 15.0 Å².